The van der Waals surface area contributed by atoms with E-state index in [4.69, 9.17) is 0 Å². The fourth-order valence-electron chi connectivity index (χ4n) is 3.08. The minimum atomic E-state index is -0.892. The molecular formula is C16H28N4O4. The topological polar surface area (TPSA) is 98.4 Å². The van der Waals surface area contributed by atoms with Crippen LogP contribution in [0.5, 0.6) is 0 Å². The summed E-state index contributed by atoms with van der Waals surface area (Å²) in [6.07, 6.45) is 0.109. The zero-order chi connectivity index (χ0) is 18.9. The number of hydroxylamine groups is 6. The second kappa shape index (κ2) is 4.98. The lowest BCUT2D eigenvalue weighted by molar-refractivity contribution is -0.542. The summed E-state index contributed by atoms with van der Waals surface area (Å²) in [7, 11) is 0. The van der Waals surface area contributed by atoms with E-state index in [9.17, 15) is 20.8 Å². The van der Waals surface area contributed by atoms with Crippen LogP contribution in [0.15, 0.2) is 0 Å². The average Bonchev–Trinajstić information content (AvgIpc) is 2.65. The van der Waals surface area contributed by atoms with Gasteiger partial charge in [0.05, 0.1) is 12.8 Å². The summed E-state index contributed by atoms with van der Waals surface area (Å²) >= 11 is 0. The Kier molecular flexibility index (Phi) is 3.90. The molecule has 2 rings (SSSR count). The van der Waals surface area contributed by atoms with Crippen molar-refractivity contribution < 1.29 is 19.9 Å². The summed E-state index contributed by atoms with van der Waals surface area (Å²) in [6, 6.07) is 0. The second-order valence-corrected chi connectivity index (χ2v) is 8.75. The Bertz CT molecular complexity index is 566. The number of hydrogen-bond acceptors (Lipinski definition) is 4. The molecule has 24 heavy (non-hydrogen) atoms. The predicted octanol–water partition coefficient (Wildman–Crippen LogP) is 2.02. The minimum Gasteiger partial charge on any atom is -0.715 e. The third-order valence-corrected chi connectivity index (χ3v) is 6.54. The molecule has 2 aliphatic heterocycles. The van der Waals surface area contributed by atoms with E-state index in [0.717, 1.165) is 19.6 Å². The molecule has 0 saturated carbocycles. The highest BCUT2D eigenvalue weighted by atomic mass is 16.5. The van der Waals surface area contributed by atoms with Crippen LogP contribution < -0.4 is 0 Å². The first-order chi connectivity index (χ1) is 10.6. The molecule has 136 valence electrons. The van der Waals surface area contributed by atoms with Crippen molar-refractivity contribution in [3.8, 4) is 0 Å². The summed E-state index contributed by atoms with van der Waals surface area (Å²) in [5.74, 6) is 0.114. The van der Waals surface area contributed by atoms with Crippen LogP contribution in [0.1, 0.15) is 68.2 Å². The molecule has 0 unspecified atom stereocenters. The maximum Gasteiger partial charge on any atom is 0.285 e. The Balaban J connectivity index is 2.30. The van der Waals surface area contributed by atoms with Crippen molar-refractivity contribution in [3.63, 3.8) is 0 Å². The van der Waals surface area contributed by atoms with Crippen LogP contribution in [0, 0.1) is 10.4 Å². The second-order valence-electron chi connectivity index (χ2n) is 8.75. The highest BCUT2D eigenvalue weighted by Gasteiger charge is 2.61. The standard InChI is InChI=1S/C16H28N4O4/c1-13(2)14(3,4)18(22)11(17(13)21)9-10-12-19(23)15(5,6)16(7,8)20(12)24/h9-10H2,1-8H3. The average molecular weight is 340 g/mol. The maximum atomic E-state index is 12.5. The van der Waals surface area contributed by atoms with E-state index in [1.54, 1.807) is 55.4 Å². The molecule has 0 N–H and O–H groups in total. The fourth-order valence-corrected chi connectivity index (χ4v) is 3.08. The molecule has 8 heteroatoms. The van der Waals surface area contributed by atoms with Gasteiger partial charge in [-0.15, -0.1) is 0 Å². The lowest BCUT2D eigenvalue weighted by Crippen LogP contribution is -2.53. The summed E-state index contributed by atoms with van der Waals surface area (Å²) in [5.41, 5.74) is -3.57. The van der Waals surface area contributed by atoms with E-state index >= 15 is 0 Å². The van der Waals surface area contributed by atoms with E-state index in [1.807, 2.05) is 0 Å². The summed E-state index contributed by atoms with van der Waals surface area (Å²) in [5, 5.41) is 51.5. The van der Waals surface area contributed by atoms with E-state index in [2.05, 4.69) is 0 Å². The number of hydrogen-bond donors (Lipinski definition) is 0. The normalized spacial score (nSPS) is 27.4. The first-order valence-electron chi connectivity index (χ1n) is 8.23. The van der Waals surface area contributed by atoms with Gasteiger partial charge in [-0.25, -0.2) is 0 Å². The Labute approximate surface area is 143 Å². The highest BCUT2D eigenvalue weighted by Crippen LogP contribution is 2.39. The molecule has 8 nitrogen and oxygen atoms in total. The Hall–Kier alpha value is -1.54. The molecule has 0 fully saturated rings. The minimum absolute atomic E-state index is 0.0544. The summed E-state index contributed by atoms with van der Waals surface area (Å²) < 4.78 is 1.44. The van der Waals surface area contributed by atoms with Gasteiger partial charge in [-0.3, -0.25) is 9.48 Å². The SMILES string of the molecule is CC1(C)N([O])C(CCC2=[N+]([O-])C(C)(C)C(C)(C)N2[O])=[N+]([O-])C1(C)C. The van der Waals surface area contributed by atoms with E-state index in [-0.39, 0.29) is 24.5 Å². The zero-order valence-corrected chi connectivity index (χ0v) is 15.8. The first kappa shape index (κ1) is 18.8. The van der Waals surface area contributed by atoms with Crippen LogP contribution in [0.25, 0.3) is 0 Å². The van der Waals surface area contributed by atoms with Gasteiger partial charge < -0.3 is 10.4 Å². The molecule has 0 aromatic rings. The van der Waals surface area contributed by atoms with Crippen molar-refractivity contribution >= 4 is 11.7 Å². The van der Waals surface area contributed by atoms with Gasteiger partial charge in [-0.05, 0) is 55.4 Å². The molecule has 0 bridgehead atoms. The zero-order valence-electron chi connectivity index (χ0n) is 15.8. The van der Waals surface area contributed by atoms with Gasteiger partial charge in [0.15, 0.2) is 11.1 Å². The van der Waals surface area contributed by atoms with Crippen molar-refractivity contribution in [3.05, 3.63) is 10.4 Å². The lowest BCUT2D eigenvalue weighted by atomic mass is 9.84. The predicted molar refractivity (Wildman–Crippen MR) is 87.9 cm³/mol. The molecular weight excluding hydrogens is 312 g/mol. The van der Waals surface area contributed by atoms with Crippen molar-refractivity contribution in [2.75, 3.05) is 0 Å². The van der Waals surface area contributed by atoms with Gasteiger partial charge in [-0.2, -0.15) is 0 Å². The smallest absolute Gasteiger partial charge is 0.285 e. The van der Waals surface area contributed by atoms with Gasteiger partial charge in [0.25, 0.3) is 11.7 Å². The number of nitrogens with zero attached hydrogens (tertiary/aromatic N) is 4. The van der Waals surface area contributed by atoms with Crippen molar-refractivity contribution in [2.45, 2.75) is 90.4 Å². The molecule has 0 amide bonds. The molecule has 0 aliphatic carbocycles. The Morgan fingerprint density at radius 1 is 0.708 bits per heavy atom. The highest BCUT2D eigenvalue weighted by molar-refractivity contribution is 5.86. The van der Waals surface area contributed by atoms with Crippen LogP contribution in [-0.2, 0) is 10.4 Å². The quantitative estimate of drug-likeness (QED) is 0.579. The first-order valence-corrected chi connectivity index (χ1v) is 8.23. The van der Waals surface area contributed by atoms with Gasteiger partial charge in [0, 0.05) is 10.4 Å². The lowest BCUT2D eigenvalue weighted by Gasteiger charge is -2.32. The molecule has 2 radical (unpaired) electrons. The Morgan fingerprint density at radius 3 is 1.12 bits per heavy atom. The Morgan fingerprint density at radius 2 is 0.958 bits per heavy atom. The van der Waals surface area contributed by atoms with Crippen LogP contribution in [0.4, 0.5) is 0 Å². The van der Waals surface area contributed by atoms with Gasteiger partial charge in [0.1, 0.15) is 11.1 Å². The molecule has 2 aliphatic rings. The molecule has 0 aromatic heterocycles. The van der Waals surface area contributed by atoms with Gasteiger partial charge in [-0.1, -0.05) is 10.1 Å². The molecule has 0 spiro atoms. The van der Waals surface area contributed by atoms with Crippen LogP contribution in [0.2, 0.25) is 0 Å². The largest absolute Gasteiger partial charge is 0.715 e. The summed E-state index contributed by atoms with van der Waals surface area (Å²) in [4.78, 5) is 0. The van der Waals surface area contributed by atoms with Gasteiger partial charge in [0.2, 0.25) is 0 Å². The number of amidine groups is 2. The van der Waals surface area contributed by atoms with Gasteiger partial charge >= 0.3 is 0 Å². The molecule has 0 atom stereocenters. The molecule has 0 aromatic carbocycles. The summed E-state index contributed by atoms with van der Waals surface area (Å²) in [6.45, 7) is 13.7. The third kappa shape index (κ3) is 2.05. The van der Waals surface area contributed by atoms with E-state index < -0.39 is 22.2 Å². The fraction of sp³-hybridized carbons (Fsp3) is 0.875. The van der Waals surface area contributed by atoms with Crippen LogP contribution >= 0.6 is 0 Å². The monoisotopic (exact) mass is 340 g/mol. The van der Waals surface area contributed by atoms with Crippen LogP contribution in [0.3, 0.4) is 0 Å². The molecule has 0 saturated heterocycles. The van der Waals surface area contributed by atoms with Crippen LogP contribution in [-0.4, -0.2) is 53.4 Å². The molecule has 2 heterocycles. The van der Waals surface area contributed by atoms with Crippen molar-refractivity contribution in [1.82, 2.24) is 10.1 Å². The third-order valence-electron chi connectivity index (χ3n) is 6.54. The maximum absolute atomic E-state index is 12.5. The number of rotatable bonds is 3. The van der Waals surface area contributed by atoms with Crippen molar-refractivity contribution in [2.24, 2.45) is 0 Å². The van der Waals surface area contributed by atoms with E-state index in [0.29, 0.717) is 0 Å². The van der Waals surface area contributed by atoms with Crippen molar-refractivity contribution in [1.29, 1.82) is 0 Å². The van der Waals surface area contributed by atoms with E-state index in [1.165, 1.54) is 0 Å².